The molecule has 0 aliphatic rings. The van der Waals surface area contributed by atoms with Gasteiger partial charge in [-0.1, -0.05) is 45.2 Å². The van der Waals surface area contributed by atoms with Crippen molar-refractivity contribution < 1.29 is 9.47 Å². The van der Waals surface area contributed by atoms with Crippen LogP contribution >= 0.6 is 39.1 Å². The van der Waals surface area contributed by atoms with Gasteiger partial charge in [-0.25, -0.2) is 0 Å². The number of hydrogen-bond acceptors (Lipinski definition) is 2. The summed E-state index contributed by atoms with van der Waals surface area (Å²) < 4.78 is 11.4. The van der Waals surface area contributed by atoms with Crippen molar-refractivity contribution in [3.63, 3.8) is 0 Å². The van der Waals surface area contributed by atoms with Gasteiger partial charge < -0.3 is 9.47 Å². The largest absolute Gasteiger partial charge is 0.490 e. The summed E-state index contributed by atoms with van der Waals surface area (Å²) in [7, 11) is 0. The lowest BCUT2D eigenvalue weighted by molar-refractivity contribution is 0.269. The SMILES string of the molecule is CCOc1cc(CBr)ccc1OCc1cc(Cl)ccc1Cl. The second-order valence-electron chi connectivity index (χ2n) is 4.37. The summed E-state index contributed by atoms with van der Waals surface area (Å²) in [5.74, 6) is 1.42. The minimum Gasteiger partial charge on any atom is -0.490 e. The van der Waals surface area contributed by atoms with Gasteiger partial charge in [0, 0.05) is 20.9 Å². The van der Waals surface area contributed by atoms with Crippen LogP contribution in [-0.4, -0.2) is 6.61 Å². The molecule has 2 aromatic carbocycles. The highest BCUT2D eigenvalue weighted by molar-refractivity contribution is 9.08. The number of halogens is 3. The van der Waals surface area contributed by atoms with E-state index in [4.69, 9.17) is 32.7 Å². The lowest BCUT2D eigenvalue weighted by Gasteiger charge is -2.13. The lowest BCUT2D eigenvalue weighted by atomic mass is 10.2. The second kappa shape index (κ2) is 7.92. The van der Waals surface area contributed by atoms with Gasteiger partial charge in [-0.15, -0.1) is 0 Å². The zero-order valence-corrected chi connectivity index (χ0v) is 14.6. The molecule has 0 saturated heterocycles. The average Bonchev–Trinajstić information content (AvgIpc) is 2.49. The van der Waals surface area contributed by atoms with Crippen LogP contribution in [-0.2, 0) is 11.9 Å². The Bertz CT molecular complexity index is 617. The van der Waals surface area contributed by atoms with E-state index in [0.717, 1.165) is 22.2 Å². The van der Waals surface area contributed by atoms with Crippen LogP contribution in [0.2, 0.25) is 10.0 Å². The van der Waals surface area contributed by atoms with Gasteiger partial charge in [-0.3, -0.25) is 0 Å². The summed E-state index contributed by atoms with van der Waals surface area (Å²) in [5, 5.41) is 2.04. The molecule has 21 heavy (non-hydrogen) atoms. The van der Waals surface area contributed by atoms with E-state index in [1.54, 1.807) is 18.2 Å². The molecule has 0 aliphatic heterocycles. The Hall–Kier alpha value is -0.900. The summed E-state index contributed by atoms with van der Waals surface area (Å²) in [6.45, 7) is 2.87. The zero-order chi connectivity index (χ0) is 15.2. The van der Waals surface area contributed by atoms with Crippen LogP contribution in [0.4, 0.5) is 0 Å². The van der Waals surface area contributed by atoms with E-state index in [0.29, 0.717) is 29.0 Å². The van der Waals surface area contributed by atoms with Gasteiger partial charge in [0.25, 0.3) is 0 Å². The van der Waals surface area contributed by atoms with E-state index in [9.17, 15) is 0 Å². The molecule has 0 atom stereocenters. The van der Waals surface area contributed by atoms with Gasteiger partial charge in [0.05, 0.1) is 6.61 Å². The zero-order valence-electron chi connectivity index (χ0n) is 11.5. The molecule has 2 aromatic rings. The van der Waals surface area contributed by atoms with Crippen LogP contribution in [0, 0.1) is 0 Å². The fourth-order valence-corrected chi connectivity index (χ4v) is 2.55. The molecule has 5 heteroatoms. The van der Waals surface area contributed by atoms with Crippen molar-refractivity contribution in [1.29, 1.82) is 0 Å². The standard InChI is InChI=1S/C16H15BrCl2O2/c1-2-20-16-7-11(9-17)3-6-15(16)21-10-12-8-13(18)4-5-14(12)19/h3-8H,2,9-10H2,1H3. The number of hydrogen-bond donors (Lipinski definition) is 0. The number of rotatable bonds is 6. The molecule has 112 valence electrons. The highest BCUT2D eigenvalue weighted by Gasteiger charge is 2.08. The first-order valence-electron chi connectivity index (χ1n) is 6.52. The van der Waals surface area contributed by atoms with Crippen molar-refractivity contribution in [1.82, 2.24) is 0 Å². The van der Waals surface area contributed by atoms with Gasteiger partial charge in [-0.2, -0.15) is 0 Å². The Labute approximate surface area is 143 Å². The molecule has 0 bridgehead atoms. The van der Waals surface area contributed by atoms with Crippen LogP contribution in [0.15, 0.2) is 36.4 Å². The molecule has 2 nitrogen and oxygen atoms in total. The molecule has 0 saturated carbocycles. The third-order valence-electron chi connectivity index (χ3n) is 2.85. The second-order valence-corrected chi connectivity index (χ2v) is 5.78. The van der Waals surface area contributed by atoms with E-state index in [2.05, 4.69) is 15.9 Å². The maximum absolute atomic E-state index is 6.13. The predicted octanol–water partition coefficient (Wildman–Crippen LogP) is 5.87. The van der Waals surface area contributed by atoms with Crippen molar-refractivity contribution in [2.24, 2.45) is 0 Å². The molecule has 2 rings (SSSR count). The van der Waals surface area contributed by atoms with Crippen LogP contribution in [0.3, 0.4) is 0 Å². The quantitative estimate of drug-likeness (QED) is 0.575. The molecular weight excluding hydrogens is 375 g/mol. The fraction of sp³-hybridized carbons (Fsp3) is 0.250. The van der Waals surface area contributed by atoms with E-state index in [1.165, 1.54) is 0 Å². The number of ether oxygens (including phenoxy) is 2. The molecule has 0 N–H and O–H groups in total. The Morgan fingerprint density at radius 1 is 1.00 bits per heavy atom. The smallest absolute Gasteiger partial charge is 0.161 e. The van der Waals surface area contributed by atoms with Crippen molar-refractivity contribution in [3.05, 3.63) is 57.6 Å². The molecule has 0 fully saturated rings. The number of benzene rings is 2. The Kier molecular flexibility index (Phi) is 6.22. The Morgan fingerprint density at radius 2 is 1.81 bits per heavy atom. The highest BCUT2D eigenvalue weighted by atomic mass is 79.9. The van der Waals surface area contributed by atoms with E-state index in [-0.39, 0.29) is 0 Å². The third kappa shape index (κ3) is 4.53. The molecule has 0 aromatic heterocycles. The number of alkyl halides is 1. The summed E-state index contributed by atoms with van der Waals surface area (Å²) in [4.78, 5) is 0. The molecule has 0 amide bonds. The van der Waals surface area contributed by atoms with E-state index in [1.807, 2.05) is 25.1 Å². The molecule has 0 heterocycles. The Morgan fingerprint density at radius 3 is 2.52 bits per heavy atom. The van der Waals surface area contributed by atoms with Gasteiger partial charge >= 0.3 is 0 Å². The summed E-state index contributed by atoms with van der Waals surface area (Å²) in [5.41, 5.74) is 1.97. The van der Waals surface area contributed by atoms with Gasteiger partial charge in [-0.05, 0) is 42.8 Å². The minimum atomic E-state index is 0.340. The van der Waals surface area contributed by atoms with Crippen LogP contribution < -0.4 is 9.47 Å². The van der Waals surface area contributed by atoms with Gasteiger partial charge in [0.2, 0.25) is 0 Å². The average molecular weight is 390 g/mol. The van der Waals surface area contributed by atoms with Crippen LogP contribution in [0.25, 0.3) is 0 Å². The molecule has 0 spiro atoms. The fourth-order valence-electron chi connectivity index (χ4n) is 1.83. The summed E-state index contributed by atoms with van der Waals surface area (Å²) >= 11 is 15.5. The van der Waals surface area contributed by atoms with Crippen LogP contribution in [0.1, 0.15) is 18.1 Å². The first kappa shape index (κ1) is 16.5. The summed E-state index contributed by atoms with van der Waals surface area (Å²) in [6.07, 6.45) is 0. The highest BCUT2D eigenvalue weighted by Crippen LogP contribution is 2.31. The van der Waals surface area contributed by atoms with E-state index < -0.39 is 0 Å². The van der Waals surface area contributed by atoms with Crippen molar-refractivity contribution >= 4 is 39.1 Å². The molecule has 0 aliphatic carbocycles. The normalized spacial score (nSPS) is 10.5. The Balaban J connectivity index is 2.17. The van der Waals surface area contributed by atoms with Crippen molar-refractivity contribution in [3.8, 4) is 11.5 Å². The van der Waals surface area contributed by atoms with Crippen LogP contribution in [0.5, 0.6) is 11.5 Å². The molecule has 0 radical (unpaired) electrons. The summed E-state index contributed by atoms with van der Waals surface area (Å²) in [6, 6.07) is 11.2. The van der Waals surface area contributed by atoms with Gasteiger partial charge in [0.15, 0.2) is 11.5 Å². The first-order valence-corrected chi connectivity index (χ1v) is 8.40. The predicted molar refractivity (Wildman–Crippen MR) is 91.0 cm³/mol. The maximum atomic E-state index is 6.13. The minimum absolute atomic E-state index is 0.340. The van der Waals surface area contributed by atoms with E-state index >= 15 is 0 Å². The molecular formula is C16H15BrCl2O2. The van der Waals surface area contributed by atoms with Crippen molar-refractivity contribution in [2.45, 2.75) is 18.9 Å². The maximum Gasteiger partial charge on any atom is 0.161 e. The first-order chi connectivity index (χ1) is 10.1. The third-order valence-corrected chi connectivity index (χ3v) is 4.10. The topological polar surface area (TPSA) is 18.5 Å². The van der Waals surface area contributed by atoms with Gasteiger partial charge in [0.1, 0.15) is 6.61 Å². The monoisotopic (exact) mass is 388 g/mol. The lowest BCUT2D eigenvalue weighted by Crippen LogP contribution is -2.00. The molecule has 0 unspecified atom stereocenters. The van der Waals surface area contributed by atoms with Crippen molar-refractivity contribution in [2.75, 3.05) is 6.61 Å².